The summed E-state index contributed by atoms with van der Waals surface area (Å²) >= 11 is 3.32. The van der Waals surface area contributed by atoms with E-state index >= 15 is 0 Å². The molecule has 1 aromatic rings. The standard InChI is InChI=1S/C13H19BrN2O2S/c1-3-10-4-5-16(8-10)19(17,18)13-7-12(15)11(14)6-9(13)2/h6-7,10H,3-5,8,15H2,1-2H3. The Morgan fingerprint density at radius 2 is 2.16 bits per heavy atom. The molecule has 0 bridgehead atoms. The molecule has 1 fully saturated rings. The van der Waals surface area contributed by atoms with Gasteiger partial charge in [0.2, 0.25) is 10.0 Å². The Bertz CT molecular complexity index is 587. The van der Waals surface area contributed by atoms with Crippen molar-refractivity contribution in [2.45, 2.75) is 31.6 Å². The number of halogens is 1. The number of nitrogens with two attached hydrogens (primary N) is 1. The van der Waals surface area contributed by atoms with Crippen LogP contribution in [0.15, 0.2) is 21.5 Å². The lowest BCUT2D eigenvalue weighted by Crippen LogP contribution is -2.29. The Morgan fingerprint density at radius 3 is 2.74 bits per heavy atom. The second kappa shape index (κ2) is 5.42. The molecule has 0 amide bonds. The number of anilines is 1. The number of sulfonamides is 1. The summed E-state index contributed by atoms with van der Waals surface area (Å²) in [6.45, 7) is 5.12. The van der Waals surface area contributed by atoms with Crippen LogP contribution in [0, 0.1) is 12.8 Å². The van der Waals surface area contributed by atoms with Gasteiger partial charge < -0.3 is 5.73 Å². The van der Waals surface area contributed by atoms with Gasteiger partial charge in [-0.2, -0.15) is 4.31 Å². The van der Waals surface area contributed by atoms with Crippen LogP contribution in [0.5, 0.6) is 0 Å². The zero-order chi connectivity index (χ0) is 14.2. The second-order valence-corrected chi connectivity index (χ2v) is 7.83. The van der Waals surface area contributed by atoms with Crippen LogP contribution in [0.1, 0.15) is 25.3 Å². The van der Waals surface area contributed by atoms with Crippen LogP contribution in [0.3, 0.4) is 0 Å². The van der Waals surface area contributed by atoms with Gasteiger partial charge in [-0.3, -0.25) is 0 Å². The van der Waals surface area contributed by atoms with E-state index in [1.807, 2.05) is 0 Å². The number of rotatable bonds is 3. The lowest BCUT2D eigenvalue weighted by molar-refractivity contribution is 0.452. The molecule has 4 nitrogen and oxygen atoms in total. The number of nitrogen functional groups attached to an aromatic ring is 1. The molecule has 0 spiro atoms. The van der Waals surface area contributed by atoms with E-state index in [9.17, 15) is 8.42 Å². The summed E-state index contributed by atoms with van der Waals surface area (Å²) in [5.74, 6) is 0.475. The third-order valence-corrected chi connectivity index (χ3v) is 6.43. The van der Waals surface area contributed by atoms with Gasteiger partial charge >= 0.3 is 0 Å². The highest BCUT2D eigenvalue weighted by atomic mass is 79.9. The average molecular weight is 347 g/mol. The minimum atomic E-state index is -3.42. The van der Waals surface area contributed by atoms with E-state index in [1.54, 1.807) is 23.4 Å². The molecular formula is C13H19BrN2O2S. The van der Waals surface area contributed by atoms with Crippen LogP contribution in [-0.2, 0) is 10.0 Å². The molecule has 2 N–H and O–H groups in total. The third kappa shape index (κ3) is 2.80. The van der Waals surface area contributed by atoms with Crippen molar-refractivity contribution < 1.29 is 8.42 Å². The number of benzene rings is 1. The van der Waals surface area contributed by atoms with Gasteiger partial charge in [-0.1, -0.05) is 13.3 Å². The van der Waals surface area contributed by atoms with Crippen LogP contribution in [0.25, 0.3) is 0 Å². The van der Waals surface area contributed by atoms with Crippen molar-refractivity contribution in [1.82, 2.24) is 4.31 Å². The van der Waals surface area contributed by atoms with Crippen LogP contribution in [-0.4, -0.2) is 25.8 Å². The normalized spacial score (nSPS) is 20.9. The number of nitrogens with zero attached hydrogens (tertiary/aromatic N) is 1. The topological polar surface area (TPSA) is 63.4 Å². The molecule has 0 saturated carbocycles. The minimum Gasteiger partial charge on any atom is -0.398 e. The minimum absolute atomic E-state index is 0.324. The zero-order valence-corrected chi connectivity index (χ0v) is 13.6. The zero-order valence-electron chi connectivity index (χ0n) is 11.2. The molecule has 1 saturated heterocycles. The summed E-state index contributed by atoms with van der Waals surface area (Å²) in [7, 11) is -3.42. The molecule has 6 heteroatoms. The van der Waals surface area contributed by atoms with Gasteiger partial charge in [-0.05, 0) is 52.9 Å². The molecule has 0 aromatic heterocycles. The van der Waals surface area contributed by atoms with Crippen molar-refractivity contribution in [1.29, 1.82) is 0 Å². The lowest BCUT2D eigenvalue weighted by Gasteiger charge is -2.18. The van der Waals surface area contributed by atoms with E-state index in [2.05, 4.69) is 22.9 Å². The van der Waals surface area contributed by atoms with Crippen LogP contribution in [0.4, 0.5) is 5.69 Å². The summed E-state index contributed by atoms with van der Waals surface area (Å²) in [6, 6.07) is 3.31. The molecule has 0 aliphatic carbocycles. The first-order chi connectivity index (χ1) is 8.86. The Labute approximate surface area is 123 Å². The molecule has 1 atom stereocenters. The van der Waals surface area contributed by atoms with Crippen molar-refractivity contribution in [2.24, 2.45) is 5.92 Å². The average Bonchev–Trinajstić information content (AvgIpc) is 2.83. The molecule has 1 aliphatic heterocycles. The van der Waals surface area contributed by atoms with E-state index in [0.717, 1.165) is 22.9 Å². The molecule has 0 radical (unpaired) electrons. The summed E-state index contributed by atoms with van der Waals surface area (Å²) in [6.07, 6.45) is 1.97. The van der Waals surface area contributed by atoms with Crippen molar-refractivity contribution in [3.63, 3.8) is 0 Å². The van der Waals surface area contributed by atoms with E-state index in [4.69, 9.17) is 5.73 Å². The van der Waals surface area contributed by atoms with E-state index in [0.29, 0.717) is 29.6 Å². The van der Waals surface area contributed by atoms with Crippen LogP contribution in [0.2, 0.25) is 0 Å². The third-order valence-electron chi connectivity index (χ3n) is 3.74. The van der Waals surface area contributed by atoms with Crippen molar-refractivity contribution >= 4 is 31.6 Å². The SMILES string of the molecule is CCC1CCN(S(=O)(=O)c2cc(N)c(Br)cc2C)C1. The Balaban J connectivity index is 2.38. The van der Waals surface area contributed by atoms with Crippen molar-refractivity contribution in [3.05, 3.63) is 22.2 Å². The molecule has 1 aromatic carbocycles. The quantitative estimate of drug-likeness (QED) is 0.855. The van der Waals surface area contributed by atoms with Gasteiger partial charge in [0, 0.05) is 23.2 Å². The maximum atomic E-state index is 12.6. The summed E-state index contributed by atoms with van der Waals surface area (Å²) in [5, 5.41) is 0. The number of aryl methyl sites for hydroxylation is 1. The fourth-order valence-corrected chi connectivity index (χ4v) is 4.66. The van der Waals surface area contributed by atoms with E-state index < -0.39 is 10.0 Å². The van der Waals surface area contributed by atoms with Crippen molar-refractivity contribution in [3.8, 4) is 0 Å². The number of hydrogen-bond donors (Lipinski definition) is 1. The highest BCUT2D eigenvalue weighted by Crippen LogP contribution is 2.31. The second-order valence-electron chi connectivity index (χ2n) is 5.07. The van der Waals surface area contributed by atoms with Gasteiger partial charge in [-0.15, -0.1) is 0 Å². The molecule has 106 valence electrons. The Morgan fingerprint density at radius 1 is 1.47 bits per heavy atom. The van der Waals surface area contributed by atoms with E-state index in [1.165, 1.54) is 0 Å². The molecule has 2 rings (SSSR count). The Hall–Kier alpha value is -0.590. The predicted octanol–water partition coefficient (Wildman–Crippen LogP) is 2.76. The maximum absolute atomic E-state index is 12.6. The molecule has 1 aliphatic rings. The first-order valence-electron chi connectivity index (χ1n) is 6.42. The highest BCUT2D eigenvalue weighted by molar-refractivity contribution is 9.10. The first-order valence-corrected chi connectivity index (χ1v) is 8.65. The smallest absolute Gasteiger partial charge is 0.243 e. The van der Waals surface area contributed by atoms with Crippen LogP contribution < -0.4 is 5.73 Å². The van der Waals surface area contributed by atoms with Gasteiger partial charge in [0.25, 0.3) is 0 Å². The Kier molecular flexibility index (Phi) is 4.23. The van der Waals surface area contributed by atoms with Gasteiger partial charge in [-0.25, -0.2) is 8.42 Å². The largest absolute Gasteiger partial charge is 0.398 e. The molecule has 1 heterocycles. The summed E-state index contributed by atoms with van der Waals surface area (Å²) in [4.78, 5) is 0.324. The monoisotopic (exact) mass is 346 g/mol. The maximum Gasteiger partial charge on any atom is 0.243 e. The van der Waals surface area contributed by atoms with E-state index in [-0.39, 0.29) is 0 Å². The van der Waals surface area contributed by atoms with Gasteiger partial charge in [0.1, 0.15) is 0 Å². The summed E-state index contributed by atoms with van der Waals surface area (Å²) < 4.78 is 27.6. The fourth-order valence-electron chi connectivity index (χ4n) is 2.43. The molecule has 19 heavy (non-hydrogen) atoms. The fraction of sp³-hybridized carbons (Fsp3) is 0.538. The van der Waals surface area contributed by atoms with Gasteiger partial charge in [0.15, 0.2) is 0 Å². The molecule has 1 unspecified atom stereocenters. The molecular weight excluding hydrogens is 328 g/mol. The van der Waals surface area contributed by atoms with Gasteiger partial charge in [0.05, 0.1) is 4.90 Å². The van der Waals surface area contributed by atoms with Crippen LogP contribution >= 0.6 is 15.9 Å². The lowest BCUT2D eigenvalue weighted by atomic mass is 10.1. The number of hydrogen-bond acceptors (Lipinski definition) is 3. The highest BCUT2D eigenvalue weighted by Gasteiger charge is 2.32. The summed E-state index contributed by atoms with van der Waals surface area (Å²) in [5.41, 5.74) is 6.99. The first kappa shape index (κ1) is 14.8. The van der Waals surface area contributed by atoms with Crippen molar-refractivity contribution in [2.75, 3.05) is 18.8 Å². The predicted molar refractivity (Wildman–Crippen MR) is 80.4 cm³/mol.